The minimum absolute atomic E-state index is 0.0198. The topological polar surface area (TPSA) is 80.5 Å². The average Bonchev–Trinajstić information content (AvgIpc) is 3.10. The lowest BCUT2D eigenvalue weighted by Crippen LogP contribution is -2.44. The molecule has 1 saturated heterocycles. The second kappa shape index (κ2) is 8.58. The first-order valence-corrected chi connectivity index (χ1v) is 9.13. The fraction of sp³-hybridized carbons (Fsp3) is 0.824. The van der Waals surface area contributed by atoms with E-state index in [1.165, 1.54) is 19.3 Å². The Hall–Kier alpha value is -1.47. The second-order valence-corrected chi connectivity index (χ2v) is 6.86. The Morgan fingerprint density at radius 3 is 2.79 bits per heavy atom. The molecule has 134 valence electrons. The van der Waals surface area contributed by atoms with Crippen molar-refractivity contribution in [1.82, 2.24) is 20.4 Å². The van der Waals surface area contributed by atoms with Crippen molar-refractivity contribution in [3.05, 3.63) is 11.7 Å². The summed E-state index contributed by atoms with van der Waals surface area (Å²) in [5.74, 6) is 1.75. The zero-order valence-corrected chi connectivity index (χ0v) is 14.5. The van der Waals surface area contributed by atoms with Gasteiger partial charge in [-0.2, -0.15) is 4.98 Å². The van der Waals surface area contributed by atoms with Gasteiger partial charge in [0.15, 0.2) is 5.82 Å². The molecule has 7 heteroatoms. The van der Waals surface area contributed by atoms with Gasteiger partial charge < -0.3 is 14.6 Å². The third-order valence-electron chi connectivity index (χ3n) is 5.04. The fourth-order valence-corrected chi connectivity index (χ4v) is 3.53. The lowest BCUT2D eigenvalue weighted by Gasteiger charge is -2.31. The zero-order chi connectivity index (χ0) is 16.8. The summed E-state index contributed by atoms with van der Waals surface area (Å²) in [7, 11) is 0. The molecule has 1 atom stereocenters. The van der Waals surface area contributed by atoms with Crippen LogP contribution in [0, 0.1) is 0 Å². The molecule has 2 heterocycles. The maximum Gasteiger partial charge on any atom is 0.246 e. The van der Waals surface area contributed by atoms with Crippen molar-refractivity contribution in [2.24, 2.45) is 0 Å². The largest absolute Gasteiger partial charge is 0.379 e. The average molecular weight is 336 g/mol. The predicted octanol–water partition coefficient (Wildman–Crippen LogP) is 1.84. The molecule has 1 amide bonds. The van der Waals surface area contributed by atoms with Crippen LogP contribution in [-0.4, -0.2) is 53.3 Å². The summed E-state index contributed by atoms with van der Waals surface area (Å²) in [5.41, 5.74) is 0. The van der Waals surface area contributed by atoms with Crippen molar-refractivity contribution >= 4 is 5.91 Å². The molecular formula is C17H28N4O3. The van der Waals surface area contributed by atoms with Gasteiger partial charge in [0.2, 0.25) is 11.8 Å². The summed E-state index contributed by atoms with van der Waals surface area (Å²) in [6.45, 7) is 5.68. The molecular weight excluding hydrogens is 308 g/mol. The Balaban J connectivity index is 1.41. The van der Waals surface area contributed by atoms with Crippen molar-refractivity contribution in [1.29, 1.82) is 0 Å². The molecule has 0 radical (unpaired) electrons. The highest BCUT2D eigenvalue weighted by molar-refractivity contribution is 5.76. The standard InChI is InChI=1S/C17H28N4O3/c1-13(21-7-9-23-10-8-21)11-15(22)18-12-16-19-17(20-24-16)14-5-3-2-4-6-14/h13-14H,2-12H2,1H3,(H,18,22)/t13-/m1/s1. The number of nitrogens with one attached hydrogen (secondary N) is 1. The van der Waals surface area contributed by atoms with Crippen molar-refractivity contribution in [3.63, 3.8) is 0 Å². The molecule has 7 nitrogen and oxygen atoms in total. The molecule has 1 saturated carbocycles. The van der Waals surface area contributed by atoms with Crippen LogP contribution in [0.2, 0.25) is 0 Å². The first-order chi connectivity index (χ1) is 11.7. The zero-order valence-electron chi connectivity index (χ0n) is 14.5. The number of hydrogen-bond acceptors (Lipinski definition) is 6. The number of hydrogen-bond donors (Lipinski definition) is 1. The molecule has 1 aromatic rings. The van der Waals surface area contributed by atoms with Crippen LogP contribution >= 0.6 is 0 Å². The highest BCUT2D eigenvalue weighted by Gasteiger charge is 2.22. The Bertz CT molecular complexity index is 522. The number of carbonyl (C=O) groups is 1. The number of aromatic nitrogens is 2. The van der Waals surface area contributed by atoms with E-state index >= 15 is 0 Å². The van der Waals surface area contributed by atoms with E-state index in [4.69, 9.17) is 9.26 Å². The van der Waals surface area contributed by atoms with E-state index in [1.807, 2.05) is 0 Å². The third kappa shape index (κ3) is 4.77. The highest BCUT2D eigenvalue weighted by atomic mass is 16.5. The molecule has 0 unspecified atom stereocenters. The van der Waals surface area contributed by atoms with Crippen molar-refractivity contribution < 1.29 is 14.1 Å². The van der Waals surface area contributed by atoms with Gasteiger partial charge in [0, 0.05) is 31.5 Å². The summed E-state index contributed by atoms with van der Waals surface area (Å²) in [4.78, 5) is 18.9. The van der Waals surface area contributed by atoms with E-state index in [1.54, 1.807) is 0 Å². The van der Waals surface area contributed by atoms with Crippen LogP contribution in [0.5, 0.6) is 0 Å². The van der Waals surface area contributed by atoms with Gasteiger partial charge in [-0.25, -0.2) is 0 Å². The second-order valence-electron chi connectivity index (χ2n) is 6.86. The number of ether oxygens (including phenoxy) is 1. The maximum absolute atomic E-state index is 12.1. The molecule has 1 N–H and O–H groups in total. The molecule has 24 heavy (non-hydrogen) atoms. The van der Waals surface area contributed by atoms with Crippen molar-refractivity contribution in [3.8, 4) is 0 Å². The smallest absolute Gasteiger partial charge is 0.246 e. The van der Waals surface area contributed by atoms with Gasteiger partial charge in [-0.15, -0.1) is 0 Å². The van der Waals surface area contributed by atoms with Crippen LogP contribution < -0.4 is 5.32 Å². The van der Waals surface area contributed by atoms with Crippen LogP contribution in [0.1, 0.15) is 63.1 Å². The van der Waals surface area contributed by atoms with E-state index in [2.05, 4.69) is 27.3 Å². The quantitative estimate of drug-likeness (QED) is 0.854. The molecule has 1 aromatic heterocycles. The molecule has 3 rings (SSSR count). The summed E-state index contributed by atoms with van der Waals surface area (Å²) in [6.07, 6.45) is 6.54. The van der Waals surface area contributed by atoms with Crippen LogP contribution in [0.25, 0.3) is 0 Å². The van der Waals surface area contributed by atoms with E-state index in [9.17, 15) is 4.79 Å². The van der Waals surface area contributed by atoms with Crippen molar-refractivity contribution in [2.45, 2.75) is 64.0 Å². The van der Waals surface area contributed by atoms with Gasteiger partial charge >= 0.3 is 0 Å². The highest BCUT2D eigenvalue weighted by Crippen LogP contribution is 2.30. The van der Waals surface area contributed by atoms with Gasteiger partial charge in [-0.3, -0.25) is 9.69 Å². The van der Waals surface area contributed by atoms with E-state index in [0.717, 1.165) is 45.0 Å². The molecule has 0 aromatic carbocycles. The first-order valence-electron chi connectivity index (χ1n) is 9.13. The molecule has 2 fully saturated rings. The van der Waals surface area contributed by atoms with E-state index < -0.39 is 0 Å². The Labute approximate surface area is 143 Å². The van der Waals surface area contributed by atoms with Crippen LogP contribution in [0.15, 0.2) is 4.52 Å². The first kappa shape index (κ1) is 17.4. The number of rotatable bonds is 6. The predicted molar refractivity (Wildman–Crippen MR) is 88.4 cm³/mol. The Kier molecular flexibility index (Phi) is 6.20. The number of nitrogens with zero attached hydrogens (tertiary/aromatic N) is 3. The SMILES string of the molecule is C[C@H](CC(=O)NCc1nc(C2CCCCC2)no1)N1CCOCC1. The monoisotopic (exact) mass is 336 g/mol. The fourth-order valence-electron chi connectivity index (χ4n) is 3.53. The summed E-state index contributed by atoms with van der Waals surface area (Å²) in [6, 6.07) is 0.217. The van der Waals surface area contributed by atoms with Gasteiger partial charge in [0.1, 0.15) is 0 Å². The third-order valence-corrected chi connectivity index (χ3v) is 5.04. The summed E-state index contributed by atoms with van der Waals surface area (Å²) in [5, 5.41) is 6.98. The molecule has 1 aliphatic heterocycles. The Morgan fingerprint density at radius 2 is 2.04 bits per heavy atom. The lowest BCUT2D eigenvalue weighted by atomic mass is 9.89. The summed E-state index contributed by atoms with van der Waals surface area (Å²) >= 11 is 0. The normalized spacial score (nSPS) is 21.5. The van der Waals surface area contributed by atoms with Crippen molar-refractivity contribution in [2.75, 3.05) is 26.3 Å². The number of morpholine rings is 1. The minimum Gasteiger partial charge on any atom is -0.379 e. The van der Waals surface area contributed by atoms with Gasteiger partial charge in [0.05, 0.1) is 19.8 Å². The van der Waals surface area contributed by atoms with Gasteiger partial charge in [0.25, 0.3) is 0 Å². The van der Waals surface area contributed by atoms with Crippen LogP contribution in [0.3, 0.4) is 0 Å². The Morgan fingerprint density at radius 1 is 1.29 bits per heavy atom. The molecule has 0 spiro atoms. The number of carbonyl (C=O) groups excluding carboxylic acids is 1. The molecule has 0 bridgehead atoms. The van der Waals surface area contributed by atoms with Gasteiger partial charge in [-0.05, 0) is 19.8 Å². The lowest BCUT2D eigenvalue weighted by molar-refractivity contribution is -0.122. The van der Waals surface area contributed by atoms with E-state index in [-0.39, 0.29) is 11.9 Å². The minimum atomic E-state index is 0.0198. The maximum atomic E-state index is 12.1. The van der Waals surface area contributed by atoms with Gasteiger partial charge in [-0.1, -0.05) is 24.4 Å². The summed E-state index contributed by atoms with van der Waals surface area (Å²) < 4.78 is 10.6. The molecule has 1 aliphatic carbocycles. The number of amides is 1. The molecule has 2 aliphatic rings. The van der Waals surface area contributed by atoms with Crippen LogP contribution in [0.4, 0.5) is 0 Å². The van der Waals surface area contributed by atoms with Crippen LogP contribution in [-0.2, 0) is 16.1 Å². The van der Waals surface area contributed by atoms with E-state index in [0.29, 0.717) is 24.8 Å².